The first kappa shape index (κ1) is 20.5. The van der Waals surface area contributed by atoms with Crippen LogP contribution in [0, 0.1) is 17.0 Å². The Hall–Kier alpha value is -3.07. The first-order chi connectivity index (χ1) is 15.9. The molecule has 3 heterocycles. The Kier molecular flexibility index (Phi) is 4.83. The molecule has 0 atom stereocenters. The topological polar surface area (TPSA) is 73.0 Å². The molecular formula is C24H27F2N7. The first-order valence-corrected chi connectivity index (χ1v) is 11.5. The molecule has 3 aliphatic rings. The van der Waals surface area contributed by atoms with Crippen LogP contribution in [-0.4, -0.2) is 51.2 Å². The second-order valence-electron chi connectivity index (χ2n) is 9.95. The Bertz CT molecular complexity index is 1140. The minimum absolute atomic E-state index is 0.301. The highest BCUT2D eigenvalue weighted by atomic mass is 19.1. The summed E-state index contributed by atoms with van der Waals surface area (Å²) in [5, 5.41) is 10.7. The van der Waals surface area contributed by atoms with Crippen molar-refractivity contribution in [2.45, 2.75) is 44.2 Å². The van der Waals surface area contributed by atoms with E-state index in [1.165, 1.54) is 30.7 Å². The summed E-state index contributed by atoms with van der Waals surface area (Å²) >= 11 is 0. The Labute approximate surface area is 191 Å². The zero-order valence-corrected chi connectivity index (χ0v) is 18.6. The van der Waals surface area contributed by atoms with E-state index in [1.54, 1.807) is 6.20 Å². The second kappa shape index (κ2) is 7.76. The predicted octanol–water partition coefficient (Wildman–Crippen LogP) is 4.20. The number of benzene rings is 1. The Morgan fingerprint density at radius 1 is 1.12 bits per heavy atom. The van der Waals surface area contributed by atoms with Gasteiger partial charge in [-0.25, -0.2) is 13.8 Å². The first-order valence-electron chi connectivity index (χ1n) is 11.5. The van der Waals surface area contributed by atoms with Crippen LogP contribution < -0.4 is 10.2 Å². The van der Waals surface area contributed by atoms with Crippen molar-refractivity contribution in [1.29, 1.82) is 0 Å². The fourth-order valence-electron chi connectivity index (χ4n) is 5.33. The van der Waals surface area contributed by atoms with Gasteiger partial charge in [-0.3, -0.25) is 10.00 Å². The summed E-state index contributed by atoms with van der Waals surface area (Å²) in [7, 11) is 2.04. The number of halogens is 2. The maximum absolute atomic E-state index is 13.4. The molecular weight excluding hydrogens is 424 g/mol. The van der Waals surface area contributed by atoms with E-state index < -0.39 is 11.6 Å². The monoisotopic (exact) mass is 451 g/mol. The van der Waals surface area contributed by atoms with E-state index in [0.29, 0.717) is 35.4 Å². The summed E-state index contributed by atoms with van der Waals surface area (Å²) < 4.78 is 26.9. The van der Waals surface area contributed by atoms with E-state index in [4.69, 9.17) is 0 Å². The van der Waals surface area contributed by atoms with Crippen molar-refractivity contribution in [1.82, 2.24) is 25.1 Å². The van der Waals surface area contributed by atoms with Gasteiger partial charge in [-0.2, -0.15) is 10.1 Å². The van der Waals surface area contributed by atoms with Crippen LogP contribution in [0.1, 0.15) is 42.9 Å². The average molecular weight is 452 g/mol. The summed E-state index contributed by atoms with van der Waals surface area (Å²) in [6, 6.07) is 8.05. The lowest BCUT2D eigenvalue weighted by Crippen LogP contribution is -2.65. The van der Waals surface area contributed by atoms with Gasteiger partial charge in [0.05, 0.1) is 0 Å². The molecule has 1 aromatic carbocycles. The summed E-state index contributed by atoms with van der Waals surface area (Å²) in [6.45, 7) is 2.50. The molecule has 3 aromatic rings. The van der Waals surface area contributed by atoms with E-state index in [9.17, 15) is 8.78 Å². The standard InChI is InChI=1S/C24H27F2N7/c1-32(23-27-5-4-21(29-23)28-22-9-20(30-31-22)16-2-3-16)19-10-24(11-19)13-33(14-24)12-15-6-17(25)8-18(26)7-15/h4-9,16,19H,2-3,10-14H2,1H3,(H2,27,28,29,30,31). The quantitative estimate of drug-likeness (QED) is 0.561. The van der Waals surface area contributed by atoms with Gasteiger partial charge in [-0.05, 0) is 54.9 Å². The van der Waals surface area contributed by atoms with E-state index in [-0.39, 0.29) is 0 Å². The molecule has 1 spiro atoms. The van der Waals surface area contributed by atoms with Crippen molar-refractivity contribution in [3.8, 4) is 0 Å². The van der Waals surface area contributed by atoms with Crippen molar-refractivity contribution in [2.75, 3.05) is 30.4 Å². The molecule has 1 saturated heterocycles. The third-order valence-corrected chi connectivity index (χ3v) is 7.16. The highest BCUT2D eigenvalue weighted by Gasteiger charge is 2.53. The molecule has 0 unspecified atom stereocenters. The van der Waals surface area contributed by atoms with Crippen molar-refractivity contribution < 1.29 is 8.78 Å². The highest BCUT2D eigenvalue weighted by Crippen LogP contribution is 2.50. The molecule has 0 bridgehead atoms. The fourth-order valence-corrected chi connectivity index (χ4v) is 5.33. The number of nitrogens with one attached hydrogen (secondary N) is 2. The number of nitrogens with zero attached hydrogens (tertiary/aromatic N) is 5. The van der Waals surface area contributed by atoms with Crippen LogP contribution in [-0.2, 0) is 6.54 Å². The molecule has 6 rings (SSSR count). The normalized spacial score (nSPS) is 19.8. The molecule has 2 saturated carbocycles. The van der Waals surface area contributed by atoms with Gasteiger partial charge in [-0.15, -0.1) is 0 Å². The van der Waals surface area contributed by atoms with Crippen LogP contribution in [0.15, 0.2) is 36.5 Å². The molecule has 7 nitrogen and oxygen atoms in total. The van der Waals surface area contributed by atoms with E-state index >= 15 is 0 Å². The third kappa shape index (κ3) is 4.17. The lowest BCUT2D eigenvalue weighted by atomic mass is 9.60. The Morgan fingerprint density at radius 2 is 1.88 bits per heavy atom. The molecule has 2 aromatic heterocycles. The van der Waals surface area contributed by atoms with Crippen LogP contribution in [0.25, 0.3) is 0 Å². The number of hydrogen-bond donors (Lipinski definition) is 2. The van der Waals surface area contributed by atoms with Gasteiger partial charge in [0.2, 0.25) is 5.95 Å². The minimum Gasteiger partial charge on any atom is -0.341 e. The molecule has 0 radical (unpaired) electrons. The van der Waals surface area contributed by atoms with Crippen molar-refractivity contribution in [2.24, 2.45) is 5.41 Å². The number of hydrogen-bond acceptors (Lipinski definition) is 6. The summed E-state index contributed by atoms with van der Waals surface area (Å²) in [4.78, 5) is 13.6. The minimum atomic E-state index is -0.516. The highest BCUT2D eigenvalue weighted by molar-refractivity contribution is 5.54. The van der Waals surface area contributed by atoms with Crippen molar-refractivity contribution in [3.63, 3.8) is 0 Å². The maximum Gasteiger partial charge on any atom is 0.227 e. The number of anilines is 3. The molecule has 0 amide bonds. The number of aromatic nitrogens is 4. The van der Waals surface area contributed by atoms with Crippen LogP contribution >= 0.6 is 0 Å². The van der Waals surface area contributed by atoms with Crippen LogP contribution in [0.2, 0.25) is 0 Å². The second-order valence-corrected chi connectivity index (χ2v) is 9.95. The Morgan fingerprint density at radius 3 is 2.61 bits per heavy atom. The third-order valence-electron chi connectivity index (χ3n) is 7.16. The smallest absolute Gasteiger partial charge is 0.227 e. The van der Waals surface area contributed by atoms with Crippen LogP contribution in [0.4, 0.5) is 26.4 Å². The van der Waals surface area contributed by atoms with Gasteiger partial charge in [0, 0.05) is 62.7 Å². The predicted molar refractivity (Wildman–Crippen MR) is 121 cm³/mol. The van der Waals surface area contributed by atoms with Gasteiger partial charge in [0.25, 0.3) is 0 Å². The molecule has 33 heavy (non-hydrogen) atoms. The van der Waals surface area contributed by atoms with Gasteiger partial charge < -0.3 is 10.2 Å². The van der Waals surface area contributed by atoms with E-state index in [0.717, 1.165) is 43.6 Å². The molecule has 172 valence electrons. The summed E-state index contributed by atoms with van der Waals surface area (Å²) in [6.07, 6.45) is 6.38. The lowest BCUT2D eigenvalue weighted by molar-refractivity contribution is -0.0762. The van der Waals surface area contributed by atoms with Crippen LogP contribution in [0.3, 0.4) is 0 Å². The molecule has 2 aliphatic carbocycles. The van der Waals surface area contributed by atoms with Gasteiger partial charge in [-0.1, -0.05) is 0 Å². The van der Waals surface area contributed by atoms with E-state index in [1.807, 2.05) is 13.1 Å². The van der Waals surface area contributed by atoms with E-state index in [2.05, 4.69) is 41.3 Å². The van der Waals surface area contributed by atoms with Crippen molar-refractivity contribution in [3.05, 3.63) is 59.4 Å². The molecule has 3 fully saturated rings. The fraction of sp³-hybridized carbons (Fsp3) is 0.458. The zero-order chi connectivity index (χ0) is 22.6. The summed E-state index contributed by atoms with van der Waals surface area (Å²) in [5.74, 6) is 1.80. The van der Waals surface area contributed by atoms with Gasteiger partial charge in [0.15, 0.2) is 5.82 Å². The van der Waals surface area contributed by atoms with Crippen molar-refractivity contribution >= 4 is 17.6 Å². The molecule has 1 aliphatic heterocycles. The number of aromatic amines is 1. The summed E-state index contributed by atoms with van der Waals surface area (Å²) in [5.41, 5.74) is 2.17. The van der Waals surface area contributed by atoms with Gasteiger partial charge in [0.1, 0.15) is 17.5 Å². The average Bonchev–Trinajstić information content (AvgIpc) is 3.47. The maximum atomic E-state index is 13.4. The SMILES string of the molecule is CN(c1nccc(Nc2cc(C3CC3)[nH]n2)n1)C1CC2(C1)CN(Cc1cc(F)cc(F)c1)C2. The number of rotatable bonds is 7. The van der Waals surface area contributed by atoms with Crippen LogP contribution in [0.5, 0.6) is 0 Å². The number of H-pyrrole nitrogens is 1. The lowest BCUT2D eigenvalue weighted by Gasteiger charge is -2.60. The largest absolute Gasteiger partial charge is 0.341 e. The van der Waals surface area contributed by atoms with Gasteiger partial charge >= 0.3 is 0 Å². The molecule has 2 N–H and O–H groups in total. The zero-order valence-electron chi connectivity index (χ0n) is 18.6. The number of likely N-dealkylation sites (tertiary alicyclic amines) is 1. The Balaban J connectivity index is 1.02. The molecule has 9 heteroatoms.